The molecule has 2 aromatic carbocycles. The zero-order valence-corrected chi connectivity index (χ0v) is 13.5. The molecule has 2 heterocycles. The fourth-order valence-electron chi connectivity index (χ4n) is 2.81. The van der Waals surface area contributed by atoms with Gasteiger partial charge < -0.3 is 5.32 Å². The van der Waals surface area contributed by atoms with E-state index in [2.05, 4.69) is 10.3 Å². The SMILES string of the molecule is CNc1cc(-c2cccc(F)c2)nc2ccc3nc(C)sc3c12. The van der Waals surface area contributed by atoms with Gasteiger partial charge in [-0.25, -0.2) is 14.4 Å². The third kappa shape index (κ3) is 2.33. The zero-order valence-electron chi connectivity index (χ0n) is 12.7. The second-order valence-electron chi connectivity index (χ2n) is 5.36. The van der Waals surface area contributed by atoms with E-state index in [0.29, 0.717) is 0 Å². The number of anilines is 1. The van der Waals surface area contributed by atoms with Crippen LogP contribution in [0, 0.1) is 12.7 Å². The first-order chi connectivity index (χ1) is 11.2. The van der Waals surface area contributed by atoms with E-state index in [1.807, 2.05) is 38.2 Å². The minimum Gasteiger partial charge on any atom is -0.387 e. The van der Waals surface area contributed by atoms with Gasteiger partial charge in [0.25, 0.3) is 0 Å². The van der Waals surface area contributed by atoms with Gasteiger partial charge in [-0.3, -0.25) is 0 Å². The summed E-state index contributed by atoms with van der Waals surface area (Å²) in [6, 6.07) is 12.4. The Labute approximate surface area is 136 Å². The molecule has 0 unspecified atom stereocenters. The lowest BCUT2D eigenvalue weighted by Gasteiger charge is -2.10. The van der Waals surface area contributed by atoms with Gasteiger partial charge in [0.05, 0.1) is 26.4 Å². The Morgan fingerprint density at radius 3 is 2.65 bits per heavy atom. The molecule has 0 saturated heterocycles. The minimum absolute atomic E-state index is 0.260. The van der Waals surface area contributed by atoms with Crippen molar-refractivity contribution < 1.29 is 4.39 Å². The minimum atomic E-state index is -0.260. The highest BCUT2D eigenvalue weighted by Gasteiger charge is 2.12. The van der Waals surface area contributed by atoms with Crippen molar-refractivity contribution in [1.29, 1.82) is 0 Å². The highest BCUT2D eigenvalue weighted by atomic mass is 32.1. The second-order valence-corrected chi connectivity index (χ2v) is 6.56. The molecule has 0 aliphatic heterocycles. The molecule has 0 fully saturated rings. The number of halogens is 1. The topological polar surface area (TPSA) is 37.8 Å². The van der Waals surface area contributed by atoms with Crippen LogP contribution in [-0.2, 0) is 0 Å². The lowest BCUT2D eigenvalue weighted by atomic mass is 10.1. The smallest absolute Gasteiger partial charge is 0.123 e. The molecule has 23 heavy (non-hydrogen) atoms. The van der Waals surface area contributed by atoms with E-state index < -0.39 is 0 Å². The summed E-state index contributed by atoms with van der Waals surface area (Å²) < 4.78 is 14.6. The molecule has 2 aromatic heterocycles. The predicted molar refractivity (Wildman–Crippen MR) is 94.6 cm³/mol. The van der Waals surface area contributed by atoms with Gasteiger partial charge in [0.1, 0.15) is 5.82 Å². The van der Waals surface area contributed by atoms with Gasteiger partial charge in [-0.15, -0.1) is 11.3 Å². The fourth-order valence-corrected chi connectivity index (χ4v) is 3.78. The summed E-state index contributed by atoms with van der Waals surface area (Å²) in [5.74, 6) is -0.260. The van der Waals surface area contributed by atoms with Crippen LogP contribution in [0.2, 0.25) is 0 Å². The molecule has 5 heteroatoms. The number of nitrogens with one attached hydrogen (secondary N) is 1. The van der Waals surface area contributed by atoms with Crippen molar-refractivity contribution in [3.63, 3.8) is 0 Å². The molecule has 0 bridgehead atoms. The molecule has 0 radical (unpaired) electrons. The Hall–Kier alpha value is -2.53. The number of hydrogen-bond donors (Lipinski definition) is 1. The van der Waals surface area contributed by atoms with E-state index in [0.717, 1.165) is 43.1 Å². The molecule has 0 saturated carbocycles. The summed E-state index contributed by atoms with van der Waals surface area (Å²) in [7, 11) is 1.89. The van der Waals surface area contributed by atoms with Crippen LogP contribution in [0.1, 0.15) is 5.01 Å². The van der Waals surface area contributed by atoms with Gasteiger partial charge in [-0.05, 0) is 37.3 Å². The zero-order chi connectivity index (χ0) is 16.0. The molecule has 1 N–H and O–H groups in total. The fraction of sp³-hybridized carbons (Fsp3) is 0.111. The Morgan fingerprint density at radius 1 is 1.04 bits per heavy atom. The number of hydrogen-bond acceptors (Lipinski definition) is 4. The number of thiazole rings is 1. The summed E-state index contributed by atoms with van der Waals surface area (Å²) >= 11 is 1.66. The number of aryl methyl sites for hydroxylation is 1. The maximum Gasteiger partial charge on any atom is 0.123 e. The van der Waals surface area contributed by atoms with Gasteiger partial charge in [-0.1, -0.05) is 12.1 Å². The van der Waals surface area contributed by atoms with Gasteiger partial charge in [0.15, 0.2) is 0 Å². The first kappa shape index (κ1) is 14.1. The summed E-state index contributed by atoms with van der Waals surface area (Å²) in [5.41, 5.74) is 4.36. The van der Waals surface area contributed by atoms with Crippen molar-refractivity contribution in [2.24, 2.45) is 0 Å². The van der Waals surface area contributed by atoms with Crippen LogP contribution in [0.5, 0.6) is 0 Å². The Bertz CT molecular complexity index is 1040. The van der Waals surface area contributed by atoms with Crippen molar-refractivity contribution >= 4 is 38.1 Å². The normalized spacial score (nSPS) is 11.3. The van der Waals surface area contributed by atoms with Crippen LogP contribution in [0.3, 0.4) is 0 Å². The van der Waals surface area contributed by atoms with Crippen LogP contribution in [-0.4, -0.2) is 17.0 Å². The number of fused-ring (bicyclic) bond motifs is 3. The van der Waals surface area contributed by atoms with Crippen LogP contribution in [0.25, 0.3) is 32.4 Å². The molecule has 114 valence electrons. The standard InChI is InChI=1S/C18H14FN3S/c1-10-21-14-7-6-13-17(18(14)23-10)16(20-2)9-15(22-13)11-4-3-5-12(19)8-11/h3-9H,1-2H3,(H,20,22). The van der Waals surface area contributed by atoms with Gasteiger partial charge >= 0.3 is 0 Å². The van der Waals surface area contributed by atoms with Crippen LogP contribution >= 0.6 is 11.3 Å². The molecule has 0 amide bonds. The Kier molecular flexibility index (Phi) is 3.23. The quantitative estimate of drug-likeness (QED) is 0.564. The van der Waals surface area contributed by atoms with Gasteiger partial charge in [0, 0.05) is 23.7 Å². The molecule has 3 nitrogen and oxygen atoms in total. The maximum absolute atomic E-state index is 13.5. The predicted octanol–water partition coefficient (Wildman–Crippen LogP) is 5.00. The molecular weight excluding hydrogens is 309 g/mol. The summed E-state index contributed by atoms with van der Waals surface area (Å²) in [4.78, 5) is 9.27. The van der Waals surface area contributed by atoms with E-state index in [4.69, 9.17) is 4.98 Å². The van der Waals surface area contributed by atoms with Gasteiger partial charge in [-0.2, -0.15) is 0 Å². The number of pyridine rings is 1. The van der Waals surface area contributed by atoms with Crippen molar-refractivity contribution in [2.45, 2.75) is 6.92 Å². The lowest BCUT2D eigenvalue weighted by Crippen LogP contribution is -1.94. The molecule has 4 aromatic rings. The van der Waals surface area contributed by atoms with E-state index in [1.54, 1.807) is 17.4 Å². The Morgan fingerprint density at radius 2 is 1.87 bits per heavy atom. The monoisotopic (exact) mass is 323 g/mol. The number of benzene rings is 2. The van der Waals surface area contributed by atoms with Crippen molar-refractivity contribution in [2.75, 3.05) is 12.4 Å². The van der Waals surface area contributed by atoms with Crippen LogP contribution in [0.15, 0.2) is 42.5 Å². The van der Waals surface area contributed by atoms with Gasteiger partial charge in [0.2, 0.25) is 0 Å². The first-order valence-electron chi connectivity index (χ1n) is 7.30. The highest BCUT2D eigenvalue weighted by Crippen LogP contribution is 2.36. The molecular formula is C18H14FN3S. The number of nitrogens with zero attached hydrogens (tertiary/aromatic N) is 2. The molecule has 0 aliphatic rings. The average Bonchev–Trinajstić information content (AvgIpc) is 2.94. The van der Waals surface area contributed by atoms with E-state index in [9.17, 15) is 4.39 Å². The summed E-state index contributed by atoms with van der Waals surface area (Å²) in [6.45, 7) is 2.00. The van der Waals surface area contributed by atoms with Crippen molar-refractivity contribution in [3.8, 4) is 11.3 Å². The van der Waals surface area contributed by atoms with E-state index in [-0.39, 0.29) is 5.82 Å². The molecule has 4 rings (SSSR count). The molecule has 0 aliphatic carbocycles. The van der Waals surface area contributed by atoms with E-state index >= 15 is 0 Å². The molecule has 0 spiro atoms. The third-order valence-corrected chi connectivity index (χ3v) is 4.83. The lowest BCUT2D eigenvalue weighted by molar-refractivity contribution is 0.628. The van der Waals surface area contributed by atoms with Crippen molar-refractivity contribution in [1.82, 2.24) is 9.97 Å². The first-order valence-corrected chi connectivity index (χ1v) is 8.12. The summed E-state index contributed by atoms with van der Waals surface area (Å²) in [6.07, 6.45) is 0. The second kappa shape index (κ2) is 5.28. The maximum atomic E-state index is 13.5. The highest BCUT2D eigenvalue weighted by molar-refractivity contribution is 7.19. The summed E-state index contributed by atoms with van der Waals surface area (Å²) in [5, 5.41) is 5.34. The number of rotatable bonds is 2. The Balaban J connectivity index is 2.05. The average molecular weight is 323 g/mol. The van der Waals surface area contributed by atoms with E-state index in [1.165, 1.54) is 12.1 Å². The van der Waals surface area contributed by atoms with Crippen LogP contribution < -0.4 is 5.32 Å². The molecule has 0 atom stereocenters. The van der Waals surface area contributed by atoms with Crippen LogP contribution in [0.4, 0.5) is 10.1 Å². The largest absolute Gasteiger partial charge is 0.387 e. The number of aromatic nitrogens is 2. The van der Waals surface area contributed by atoms with Crippen molar-refractivity contribution in [3.05, 3.63) is 53.3 Å². The third-order valence-electron chi connectivity index (χ3n) is 3.82.